The van der Waals surface area contributed by atoms with Crippen LogP contribution in [0.5, 0.6) is 0 Å². The molecule has 0 aliphatic rings. The Bertz CT molecular complexity index is 499. The minimum Gasteiger partial charge on any atom is -0.316 e. The summed E-state index contributed by atoms with van der Waals surface area (Å²) in [7, 11) is 0. The topological polar surface area (TPSA) is 12.0 Å². The minimum atomic E-state index is 0.611. The van der Waals surface area contributed by atoms with Crippen LogP contribution >= 0.6 is 11.3 Å². The van der Waals surface area contributed by atoms with E-state index in [1.54, 1.807) is 0 Å². The first kappa shape index (κ1) is 13.6. The Morgan fingerprint density at radius 3 is 2.78 bits per heavy atom. The van der Waals surface area contributed by atoms with Crippen molar-refractivity contribution in [1.29, 1.82) is 0 Å². The van der Waals surface area contributed by atoms with Crippen molar-refractivity contribution in [2.45, 2.75) is 39.5 Å². The van der Waals surface area contributed by atoms with E-state index in [-0.39, 0.29) is 0 Å². The number of fused-ring (bicyclic) bond motifs is 1. The Balaban J connectivity index is 2.15. The van der Waals surface area contributed by atoms with Crippen LogP contribution in [0.25, 0.3) is 10.1 Å². The SMILES string of the molecule is CCCNCCc1csc2ccc(C(C)C)cc12. The van der Waals surface area contributed by atoms with Crippen molar-refractivity contribution < 1.29 is 0 Å². The summed E-state index contributed by atoms with van der Waals surface area (Å²) in [6.07, 6.45) is 2.35. The van der Waals surface area contributed by atoms with E-state index in [4.69, 9.17) is 0 Å². The highest BCUT2D eigenvalue weighted by Crippen LogP contribution is 2.29. The van der Waals surface area contributed by atoms with Gasteiger partial charge in [0.15, 0.2) is 0 Å². The van der Waals surface area contributed by atoms with E-state index >= 15 is 0 Å². The predicted molar refractivity (Wildman–Crippen MR) is 82.8 cm³/mol. The molecule has 1 aromatic heterocycles. The van der Waals surface area contributed by atoms with Gasteiger partial charge < -0.3 is 5.32 Å². The summed E-state index contributed by atoms with van der Waals surface area (Å²) in [6.45, 7) is 8.94. The molecule has 1 nitrogen and oxygen atoms in total. The molecule has 2 aromatic rings. The maximum atomic E-state index is 3.48. The second-order valence-corrected chi connectivity index (χ2v) is 6.08. The highest BCUT2D eigenvalue weighted by molar-refractivity contribution is 7.17. The van der Waals surface area contributed by atoms with Crippen LogP contribution in [-0.4, -0.2) is 13.1 Å². The fraction of sp³-hybridized carbons (Fsp3) is 0.500. The molecule has 18 heavy (non-hydrogen) atoms. The minimum absolute atomic E-state index is 0.611. The van der Waals surface area contributed by atoms with Crippen molar-refractivity contribution in [2.75, 3.05) is 13.1 Å². The zero-order valence-corrected chi connectivity index (χ0v) is 12.4. The number of nitrogens with one attached hydrogen (secondary N) is 1. The summed E-state index contributed by atoms with van der Waals surface area (Å²) in [5.74, 6) is 0.611. The van der Waals surface area contributed by atoms with Crippen molar-refractivity contribution >= 4 is 21.4 Å². The summed E-state index contributed by atoms with van der Waals surface area (Å²) in [6, 6.07) is 6.92. The monoisotopic (exact) mass is 261 g/mol. The van der Waals surface area contributed by atoms with Crippen molar-refractivity contribution in [3.63, 3.8) is 0 Å². The molecule has 0 atom stereocenters. The van der Waals surface area contributed by atoms with Gasteiger partial charge in [0.1, 0.15) is 0 Å². The smallest absolute Gasteiger partial charge is 0.0345 e. The molecule has 2 heteroatoms. The van der Waals surface area contributed by atoms with E-state index in [0.717, 1.165) is 19.5 Å². The maximum Gasteiger partial charge on any atom is 0.0345 e. The fourth-order valence-corrected chi connectivity index (χ4v) is 3.15. The highest BCUT2D eigenvalue weighted by Gasteiger charge is 2.06. The Labute approximate surface area is 114 Å². The lowest BCUT2D eigenvalue weighted by Crippen LogP contribution is -2.17. The van der Waals surface area contributed by atoms with Gasteiger partial charge in [-0.1, -0.05) is 26.8 Å². The van der Waals surface area contributed by atoms with Gasteiger partial charge in [-0.25, -0.2) is 0 Å². The molecule has 0 amide bonds. The Hall–Kier alpha value is -0.860. The third-order valence-corrected chi connectivity index (χ3v) is 4.35. The van der Waals surface area contributed by atoms with Crippen molar-refractivity contribution in [1.82, 2.24) is 5.32 Å². The van der Waals surface area contributed by atoms with Crippen LogP contribution in [0.4, 0.5) is 0 Å². The summed E-state index contributed by atoms with van der Waals surface area (Å²) in [5.41, 5.74) is 2.95. The molecule has 0 saturated carbocycles. The Morgan fingerprint density at radius 2 is 2.06 bits per heavy atom. The van der Waals surface area contributed by atoms with Crippen molar-refractivity contribution in [2.24, 2.45) is 0 Å². The average molecular weight is 261 g/mol. The third kappa shape index (κ3) is 3.12. The Kier molecular flexibility index (Phi) is 4.79. The number of hydrogen-bond donors (Lipinski definition) is 1. The zero-order chi connectivity index (χ0) is 13.0. The fourth-order valence-electron chi connectivity index (χ4n) is 2.18. The van der Waals surface area contributed by atoms with E-state index < -0.39 is 0 Å². The van der Waals surface area contributed by atoms with E-state index in [0.29, 0.717) is 5.92 Å². The van der Waals surface area contributed by atoms with E-state index in [1.165, 1.54) is 27.6 Å². The van der Waals surface area contributed by atoms with Gasteiger partial charge in [-0.3, -0.25) is 0 Å². The largest absolute Gasteiger partial charge is 0.316 e. The van der Waals surface area contributed by atoms with Gasteiger partial charge in [0.25, 0.3) is 0 Å². The first-order valence-corrected chi connectivity index (χ1v) is 7.81. The molecule has 0 radical (unpaired) electrons. The van der Waals surface area contributed by atoms with Crippen LogP contribution < -0.4 is 5.32 Å². The molecule has 1 N–H and O–H groups in total. The molecule has 0 aliphatic carbocycles. The average Bonchev–Trinajstić information content (AvgIpc) is 2.77. The molecule has 0 saturated heterocycles. The molecule has 1 aromatic carbocycles. The molecular weight excluding hydrogens is 238 g/mol. The standard InChI is InChI=1S/C16H23NS/c1-4-8-17-9-7-14-11-18-16-6-5-13(12(2)3)10-15(14)16/h5-6,10-12,17H,4,7-9H2,1-3H3. The molecule has 0 fully saturated rings. The highest BCUT2D eigenvalue weighted by atomic mass is 32.1. The van der Waals surface area contributed by atoms with Crippen molar-refractivity contribution in [3.05, 3.63) is 34.7 Å². The van der Waals surface area contributed by atoms with Gasteiger partial charge in [0.2, 0.25) is 0 Å². The molecule has 0 spiro atoms. The van der Waals surface area contributed by atoms with E-state index in [9.17, 15) is 0 Å². The summed E-state index contributed by atoms with van der Waals surface area (Å²) < 4.78 is 1.42. The van der Waals surface area contributed by atoms with Crippen LogP contribution in [-0.2, 0) is 6.42 Å². The number of hydrogen-bond acceptors (Lipinski definition) is 2. The number of thiophene rings is 1. The number of benzene rings is 1. The quantitative estimate of drug-likeness (QED) is 0.751. The second-order valence-electron chi connectivity index (χ2n) is 5.17. The zero-order valence-electron chi connectivity index (χ0n) is 11.6. The second kappa shape index (κ2) is 6.35. The normalized spacial score (nSPS) is 11.6. The van der Waals surface area contributed by atoms with Gasteiger partial charge >= 0.3 is 0 Å². The summed E-state index contributed by atoms with van der Waals surface area (Å²) >= 11 is 1.87. The lowest BCUT2D eigenvalue weighted by atomic mass is 10.00. The molecular formula is C16H23NS. The van der Waals surface area contributed by atoms with Crippen LogP contribution in [0.3, 0.4) is 0 Å². The van der Waals surface area contributed by atoms with E-state index in [2.05, 4.69) is 49.7 Å². The lowest BCUT2D eigenvalue weighted by Gasteiger charge is -2.06. The molecule has 0 unspecified atom stereocenters. The van der Waals surface area contributed by atoms with Gasteiger partial charge in [-0.05, 0) is 65.9 Å². The van der Waals surface area contributed by atoms with Crippen LogP contribution in [0, 0.1) is 0 Å². The molecule has 0 bridgehead atoms. The Morgan fingerprint density at radius 1 is 1.22 bits per heavy atom. The van der Waals surface area contributed by atoms with Crippen molar-refractivity contribution in [3.8, 4) is 0 Å². The maximum absolute atomic E-state index is 3.48. The van der Waals surface area contributed by atoms with Gasteiger partial charge in [-0.2, -0.15) is 0 Å². The first-order valence-electron chi connectivity index (χ1n) is 6.93. The summed E-state index contributed by atoms with van der Waals surface area (Å²) in [4.78, 5) is 0. The van der Waals surface area contributed by atoms with Gasteiger partial charge in [0, 0.05) is 4.70 Å². The van der Waals surface area contributed by atoms with Gasteiger partial charge in [0.05, 0.1) is 0 Å². The molecule has 2 rings (SSSR count). The number of rotatable bonds is 6. The van der Waals surface area contributed by atoms with Crippen LogP contribution in [0.2, 0.25) is 0 Å². The van der Waals surface area contributed by atoms with Crippen LogP contribution in [0.15, 0.2) is 23.6 Å². The van der Waals surface area contributed by atoms with E-state index in [1.807, 2.05) is 11.3 Å². The first-order chi connectivity index (χ1) is 8.72. The molecule has 1 heterocycles. The molecule has 98 valence electrons. The summed E-state index contributed by atoms with van der Waals surface area (Å²) in [5, 5.41) is 7.26. The van der Waals surface area contributed by atoms with Gasteiger partial charge in [-0.15, -0.1) is 11.3 Å². The third-order valence-electron chi connectivity index (χ3n) is 3.34. The lowest BCUT2D eigenvalue weighted by molar-refractivity contribution is 0.673. The molecule has 0 aliphatic heterocycles. The van der Waals surface area contributed by atoms with Crippen LogP contribution in [0.1, 0.15) is 44.2 Å². The predicted octanol–water partition coefficient (Wildman–Crippen LogP) is 4.57.